The highest BCUT2D eigenvalue weighted by Gasteiger charge is 2.20. The van der Waals surface area contributed by atoms with Crippen molar-refractivity contribution in [2.45, 2.75) is 257 Å². The smallest absolute Gasteiger partial charge is 0.305 e. The maximum Gasteiger partial charge on any atom is 0.305 e. The van der Waals surface area contributed by atoms with Crippen LogP contribution in [-0.4, -0.2) is 47.4 Å². The molecule has 0 fully saturated rings. The molecule has 0 spiro atoms. The first-order valence-electron chi connectivity index (χ1n) is 24.3. The van der Waals surface area contributed by atoms with Gasteiger partial charge in [-0.15, -0.1) is 0 Å². The fourth-order valence-electron chi connectivity index (χ4n) is 7.15. The van der Waals surface area contributed by atoms with E-state index in [1.54, 1.807) is 0 Å². The Morgan fingerprint density at radius 1 is 0.500 bits per heavy atom. The van der Waals surface area contributed by atoms with Gasteiger partial charge in [-0.05, 0) is 83.5 Å². The molecule has 2 atom stereocenters. The van der Waals surface area contributed by atoms with E-state index in [4.69, 9.17) is 4.74 Å². The molecule has 0 radical (unpaired) electrons. The Hall–Kier alpha value is -1.92. The molecule has 6 nitrogen and oxygen atoms in total. The van der Waals surface area contributed by atoms with E-state index in [1.165, 1.54) is 135 Å². The number of carbonyl (C=O) groups excluding carboxylic acids is 2. The summed E-state index contributed by atoms with van der Waals surface area (Å²) in [4.78, 5) is 24.4. The molecule has 2 unspecified atom stereocenters. The molecular formula is C50H93NO5. The topological polar surface area (TPSA) is 95.9 Å². The Balaban J connectivity index is 3.54. The minimum absolute atomic E-state index is 0.0318. The van der Waals surface area contributed by atoms with Gasteiger partial charge in [-0.2, -0.15) is 0 Å². The molecule has 0 heterocycles. The molecule has 0 aromatic rings. The van der Waals surface area contributed by atoms with Crippen LogP contribution in [0.4, 0.5) is 0 Å². The molecule has 0 aliphatic carbocycles. The van der Waals surface area contributed by atoms with Crippen LogP contribution in [-0.2, 0) is 14.3 Å². The highest BCUT2D eigenvalue weighted by atomic mass is 16.5. The summed E-state index contributed by atoms with van der Waals surface area (Å²) in [6.45, 7) is 4.85. The van der Waals surface area contributed by atoms with Gasteiger partial charge in [0.1, 0.15) is 0 Å². The summed E-state index contributed by atoms with van der Waals surface area (Å²) in [6.07, 6.45) is 53.9. The van der Waals surface area contributed by atoms with E-state index in [0.717, 1.165) is 77.0 Å². The highest BCUT2D eigenvalue weighted by Crippen LogP contribution is 2.15. The van der Waals surface area contributed by atoms with E-state index in [2.05, 4.69) is 55.6 Å². The summed E-state index contributed by atoms with van der Waals surface area (Å²) in [5.74, 6) is -0.0920. The van der Waals surface area contributed by atoms with Crippen LogP contribution in [0.1, 0.15) is 245 Å². The van der Waals surface area contributed by atoms with Crippen LogP contribution in [0.25, 0.3) is 0 Å². The van der Waals surface area contributed by atoms with Crippen molar-refractivity contribution >= 4 is 11.9 Å². The van der Waals surface area contributed by atoms with E-state index in [0.29, 0.717) is 25.9 Å². The predicted molar refractivity (Wildman–Crippen MR) is 241 cm³/mol. The summed E-state index contributed by atoms with van der Waals surface area (Å²) < 4.78 is 5.42. The molecule has 0 aromatic heterocycles. The standard InChI is InChI=1S/C50H93NO5/c1-3-5-7-9-11-13-15-19-24-28-32-36-40-44-50(55)56-45-41-37-33-29-25-21-18-16-17-20-23-27-31-35-39-43-49(54)51-47(46-52)48(53)42-38-34-30-26-22-14-12-10-8-6-4-2/h13,15-16,18,21,25,47-48,52-53H,3-12,14,17,19-20,22-24,26-46H2,1-2H3,(H,51,54)/b15-13-,18-16-,25-21-. The van der Waals surface area contributed by atoms with Crippen molar-refractivity contribution in [2.24, 2.45) is 0 Å². The van der Waals surface area contributed by atoms with E-state index < -0.39 is 12.1 Å². The second-order valence-corrected chi connectivity index (χ2v) is 16.5. The third-order valence-electron chi connectivity index (χ3n) is 10.9. The van der Waals surface area contributed by atoms with Gasteiger partial charge >= 0.3 is 5.97 Å². The third kappa shape index (κ3) is 41.7. The van der Waals surface area contributed by atoms with E-state index in [1.807, 2.05) is 0 Å². The molecule has 1 amide bonds. The first-order valence-corrected chi connectivity index (χ1v) is 24.3. The number of hydrogen-bond acceptors (Lipinski definition) is 5. The lowest BCUT2D eigenvalue weighted by Crippen LogP contribution is -2.45. The number of aliphatic hydroxyl groups is 2. The number of allylic oxidation sites excluding steroid dienone is 6. The van der Waals surface area contributed by atoms with Gasteiger partial charge in [-0.1, -0.05) is 185 Å². The number of aliphatic hydroxyl groups excluding tert-OH is 2. The second-order valence-electron chi connectivity index (χ2n) is 16.5. The summed E-state index contributed by atoms with van der Waals surface area (Å²) in [5, 5.41) is 23.1. The number of rotatable bonds is 44. The molecule has 328 valence electrons. The number of amides is 1. The quantitative estimate of drug-likeness (QED) is 0.0247. The van der Waals surface area contributed by atoms with Gasteiger partial charge in [0.2, 0.25) is 5.91 Å². The van der Waals surface area contributed by atoms with Crippen molar-refractivity contribution in [3.05, 3.63) is 36.5 Å². The molecule has 6 heteroatoms. The SMILES string of the molecule is CCCCCC/C=C\CCCCCCCC(=O)OCCCCC/C=C\C=C/CCCCCCCCC(=O)NC(CO)C(O)CCCCCCCCCCCCC. The Bertz CT molecular complexity index is 915. The fourth-order valence-corrected chi connectivity index (χ4v) is 7.15. The second kappa shape index (κ2) is 45.8. The number of ether oxygens (including phenoxy) is 1. The fraction of sp³-hybridized carbons (Fsp3) is 0.840. The first-order chi connectivity index (χ1) is 27.5. The summed E-state index contributed by atoms with van der Waals surface area (Å²) >= 11 is 0. The maximum absolute atomic E-state index is 12.4. The van der Waals surface area contributed by atoms with Crippen molar-refractivity contribution in [3.63, 3.8) is 0 Å². The monoisotopic (exact) mass is 788 g/mol. The lowest BCUT2D eigenvalue weighted by Gasteiger charge is -2.22. The summed E-state index contributed by atoms with van der Waals surface area (Å²) in [7, 11) is 0. The Morgan fingerprint density at radius 3 is 1.39 bits per heavy atom. The van der Waals surface area contributed by atoms with Crippen LogP contribution in [0.2, 0.25) is 0 Å². The Morgan fingerprint density at radius 2 is 0.893 bits per heavy atom. The first kappa shape index (κ1) is 54.1. The molecule has 0 bridgehead atoms. The molecule has 56 heavy (non-hydrogen) atoms. The number of nitrogens with one attached hydrogen (secondary N) is 1. The number of unbranched alkanes of at least 4 members (excludes halogenated alkanes) is 28. The van der Waals surface area contributed by atoms with Gasteiger partial charge in [0.25, 0.3) is 0 Å². The van der Waals surface area contributed by atoms with Gasteiger partial charge in [0.05, 0.1) is 25.4 Å². The molecule has 0 rings (SSSR count). The van der Waals surface area contributed by atoms with E-state index in [9.17, 15) is 19.8 Å². The van der Waals surface area contributed by atoms with Gasteiger partial charge < -0.3 is 20.3 Å². The molecule has 0 saturated carbocycles. The molecule has 3 N–H and O–H groups in total. The zero-order valence-electron chi connectivity index (χ0n) is 37.1. The highest BCUT2D eigenvalue weighted by molar-refractivity contribution is 5.76. The molecular weight excluding hydrogens is 695 g/mol. The van der Waals surface area contributed by atoms with Crippen molar-refractivity contribution in [2.75, 3.05) is 13.2 Å². The molecule has 0 aliphatic heterocycles. The molecule has 0 aromatic carbocycles. The largest absolute Gasteiger partial charge is 0.466 e. The minimum atomic E-state index is -0.677. The molecule has 0 aliphatic rings. The Kier molecular flexibility index (Phi) is 44.2. The molecule has 0 saturated heterocycles. The third-order valence-corrected chi connectivity index (χ3v) is 10.9. The zero-order chi connectivity index (χ0) is 40.8. The van der Waals surface area contributed by atoms with Crippen molar-refractivity contribution in [3.8, 4) is 0 Å². The van der Waals surface area contributed by atoms with Crippen LogP contribution < -0.4 is 5.32 Å². The number of carbonyl (C=O) groups is 2. The van der Waals surface area contributed by atoms with Crippen molar-refractivity contribution in [1.82, 2.24) is 5.32 Å². The van der Waals surface area contributed by atoms with E-state index >= 15 is 0 Å². The maximum atomic E-state index is 12.4. The predicted octanol–water partition coefficient (Wildman–Crippen LogP) is 14.1. The normalized spacial score (nSPS) is 13.0. The minimum Gasteiger partial charge on any atom is -0.466 e. The van der Waals surface area contributed by atoms with E-state index in [-0.39, 0.29) is 18.5 Å². The van der Waals surface area contributed by atoms with Crippen LogP contribution in [0.3, 0.4) is 0 Å². The van der Waals surface area contributed by atoms with Gasteiger partial charge in [0, 0.05) is 12.8 Å². The Labute approximate surface area is 347 Å². The van der Waals surface area contributed by atoms with Crippen molar-refractivity contribution < 1.29 is 24.5 Å². The number of esters is 1. The van der Waals surface area contributed by atoms with Gasteiger partial charge in [-0.3, -0.25) is 9.59 Å². The summed E-state index contributed by atoms with van der Waals surface area (Å²) in [5.41, 5.74) is 0. The van der Waals surface area contributed by atoms with Crippen LogP contribution >= 0.6 is 0 Å². The average molecular weight is 788 g/mol. The summed E-state index contributed by atoms with van der Waals surface area (Å²) in [6, 6.07) is -0.557. The number of hydrogen-bond donors (Lipinski definition) is 3. The van der Waals surface area contributed by atoms with Crippen LogP contribution in [0, 0.1) is 0 Å². The average Bonchev–Trinajstić information content (AvgIpc) is 3.20. The lowest BCUT2D eigenvalue weighted by molar-refractivity contribution is -0.143. The van der Waals surface area contributed by atoms with Crippen LogP contribution in [0.5, 0.6) is 0 Å². The van der Waals surface area contributed by atoms with Crippen molar-refractivity contribution in [1.29, 1.82) is 0 Å². The zero-order valence-corrected chi connectivity index (χ0v) is 37.1. The lowest BCUT2D eigenvalue weighted by atomic mass is 10.0. The van der Waals surface area contributed by atoms with Gasteiger partial charge in [-0.25, -0.2) is 0 Å². The van der Waals surface area contributed by atoms with Crippen LogP contribution in [0.15, 0.2) is 36.5 Å². The van der Waals surface area contributed by atoms with Gasteiger partial charge in [0.15, 0.2) is 0 Å².